The Kier molecular flexibility index (Phi) is 5.29. The number of hydrogen-bond acceptors (Lipinski definition) is 6. The average Bonchev–Trinajstić information content (AvgIpc) is 2.55. The molecule has 2 rings (SSSR count). The van der Waals surface area contributed by atoms with Crippen LogP contribution in [0.2, 0.25) is 0 Å². The molecule has 0 bridgehead atoms. The standard InChI is InChI=1S/C13H18N4O5S/c1-15(10-13(18)16-7-5-14-6-8-16)23(21,22)12-4-2-3-11(9-12)17(19)20/h2-4,9,14H,5-8,10H2,1H3. The number of nitrogens with one attached hydrogen (secondary N) is 1. The highest BCUT2D eigenvalue weighted by molar-refractivity contribution is 7.89. The molecule has 10 heteroatoms. The zero-order chi connectivity index (χ0) is 17.0. The van der Waals surface area contributed by atoms with Crippen LogP contribution in [0, 0.1) is 10.1 Å². The number of amides is 1. The Morgan fingerprint density at radius 2 is 2.04 bits per heavy atom. The lowest BCUT2D eigenvalue weighted by molar-refractivity contribution is -0.385. The number of carbonyl (C=O) groups excluding carboxylic acids is 1. The van der Waals surface area contributed by atoms with Crippen molar-refractivity contribution in [3.8, 4) is 0 Å². The Labute approximate surface area is 134 Å². The van der Waals surface area contributed by atoms with Crippen molar-refractivity contribution in [2.45, 2.75) is 4.90 Å². The number of benzene rings is 1. The molecule has 126 valence electrons. The molecule has 0 saturated carbocycles. The second kappa shape index (κ2) is 7.02. The van der Waals surface area contributed by atoms with E-state index in [4.69, 9.17) is 0 Å². The molecule has 1 aliphatic heterocycles. The van der Waals surface area contributed by atoms with Gasteiger partial charge in [-0.25, -0.2) is 8.42 Å². The molecule has 1 fully saturated rings. The van der Waals surface area contributed by atoms with Crippen LogP contribution in [-0.4, -0.2) is 68.2 Å². The van der Waals surface area contributed by atoms with Gasteiger partial charge >= 0.3 is 0 Å². The Morgan fingerprint density at radius 1 is 1.39 bits per heavy atom. The van der Waals surface area contributed by atoms with E-state index in [0.717, 1.165) is 10.4 Å². The topological polar surface area (TPSA) is 113 Å². The van der Waals surface area contributed by atoms with Gasteiger partial charge in [-0.2, -0.15) is 4.31 Å². The Hall–Kier alpha value is -2.04. The van der Waals surface area contributed by atoms with Crippen molar-refractivity contribution in [3.05, 3.63) is 34.4 Å². The Bertz CT molecular complexity index is 700. The summed E-state index contributed by atoms with van der Waals surface area (Å²) in [4.78, 5) is 23.6. The molecule has 0 aromatic heterocycles. The molecule has 1 aromatic rings. The van der Waals surface area contributed by atoms with E-state index in [1.807, 2.05) is 0 Å². The second-order valence-corrected chi connectivity index (χ2v) is 7.19. The van der Waals surface area contributed by atoms with Gasteiger partial charge in [0, 0.05) is 45.4 Å². The molecule has 0 atom stereocenters. The van der Waals surface area contributed by atoms with Crippen LogP contribution in [0.1, 0.15) is 0 Å². The number of non-ortho nitro benzene ring substituents is 1. The van der Waals surface area contributed by atoms with Crippen LogP contribution in [0.5, 0.6) is 0 Å². The molecule has 1 aliphatic rings. The number of carbonyl (C=O) groups is 1. The van der Waals surface area contributed by atoms with Crippen molar-refractivity contribution >= 4 is 21.6 Å². The normalized spacial score (nSPS) is 15.7. The molecular formula is C13H18N4O5S. The maximum Gasteiger partial charge on any atom is 0.270 e. The smallest absolute Gasteiger partial charge is 0.270 e. The highest BCUT2D eigenvalue weighted by atomic mass is 32.2. The number of nitro benzene ring substituents is 1. The van der Waals surface area contributed by atoms with Gasteiger partial charge in [0.2, 0.25) is 15.9 Å². The number of nitrogens with zero attached hydrogens (tertiary/aromatic N) is 3. The first-order chi connectivity index (χ1) is 10.8. The van der Waals surface area contributed by atoms with Crippen molar-refractivity contribution in [1.29, 1.82) is 0 Å². The lowest BCUT2D eigenvalue weighted by Crippen LogP contribution is -2.49. The van der Waals surface area contributed by atoms with E-state index in [9.17, 15) is 23.3 Å². The third-order valence-corrected chi connectivity index (χ3v) is 5.36. The fraction of sp³-hybridized carbons (Fsp3) is 0.462. The number of hydrogen-bond donors (Lipinski definition) is 1. The van der Waals surface area contributed by atoms with Gasteiger partial charge in [0.1, 0.15) is 0 Å². The number of sulfonamides is 1. The van der Waals surface area contributed by atoms with Gasteiger partial charge in [-0.1, -0.05) is 6.07 Å². The molecule has 1 heterocycles. The number of rotatable bonds is 5. The van der Waals surface area contributed by atoms with E-state index in [1.165, 1.54) is 25.2 Å². The molecule has 0 radical (unpaired) electrons. The van der Waals surface area contributed by atoms with Gasteiger partial charge in [0.15, 0.2) is 0 Å². The third kappa shape index (κ3) is 4.03. The van der Waals surface area contributed by atoms with Crippen LogP contribution >= 0.6 is 0 Å². The molecule has 1 amide bonds. The first kappa shape index (κ1) is 17.3. The van der Waals surface area contributed by atoms with E-state index in [-0.39, 0.29) is 23.0 Å². The fourth-order valence-corrected chi connectivity index (χ4v) is 3.39. The zero-order valence-electron chi connectivity index (χ0n) is 12.6. The summed E-state index contributed by atoms with van der Waals surface area (Å²) in [5.41, 5.74) is -0.312. The Morgan fingerprint density at radius 3 is 2.65 bits per heavy atom. The predicted octanol–water partition coefficient (Wildman–Crippen LogP) is -0.353. The zero-order valence-corrected chi connectivity index (χ0v) is 13.5. The van der Waals surface area contributed by atoms with E-state index < -0.39 is 14.9 Å². The van der Waals surface area contributed by atoms with Crippen molar-refractivity contribution < 1.29 is 18.1 Å². The molecule has 1 aromatic carbocycles. The van der Waals surface area contributed by atoms with Crippen LogP contribution in [0.25, 0.3) is 0 Å². The lowest BCUT2D eigenvalue weighted by atomic mass is 10.3. The van der Waals surface area contributed by atoms with Gasteiger partial charge in [-0.05, 0) is 6.07 Å². The summed E-state index contributed by atoms with van der Waals surface area (Å²) in [5.74, 6) is -0.289. The summed E-state index contributed by atoms with van der Waals surface area (Å²) in [7, 11) is -2.68. The van der Waals surface area contributed by atoms with Crippen LogP contribution < -0.4 is 5.32 Å². The van der Waals surface area contributed by atoms with Gasteiger partial charge in [0.05, 0.1) is 16.4 Å². The van der Waals surface area contributed by atoms with E-state index in [1.54, 1.807) is 4.90 Å². The quantitative estimate of drug-likeness (QED) is 0.578. The minimum atomic E-state index is -3.96. The van der Waals surface area contributed by atoms with Crippen molar-refractivity contribution in [2.75, 3.05) is 39.8 Å². The van der Waals surface area contributed by atoms with E-state index in [0.29, 0.717) is 26.2 Å². The molecule has 1 N–H and O–H groups in total. The van der Waals surface area contributed by atoms with E-state index >= 15 is 0 Å². The first-order valence-electron chi connectivity index (χ1n) is 7.01. The summed E-state index contributed by atoms with van der Waals surface area (Å²) in [5, 5.41) is 13.9. The monoisotopic (exact) mass is 342 g/mol. The maximum absolute atomic E-state index is 12.4. The van der Waals surface area contributed by atoms with Crippen LogP contribution in [-0.2, 0) is 14.8 Å². The van der Waals surface area contributed by atoms with Gasteiger partial charge in [0.25, 0.3) is 5.69 Å². The minimum absolute atomic E-state index is 0.206. The van der Waals surface area contributed by atoms with Crippen LogP contribution in [0.4, 0.5) is 5.69 Å². The number of likely N-dealkylation sites (N-methyl/N-ethyl adjacent to an activating group) is 1. The van der Waals surface area contributed by atoms with Crippen LogP contribution in [0.3, 0.4) is 0 Å². The van der Waals surface area contributed by atoms with Crippen molar-refractivity contribution in [3.63, 3.8) is 0 Å². The summed E-state index contributed by atoms with van der Waals surface area (Å²) in [6, 6.07) is 4.77. The van der Waals surface area contributed by atoms with E-state index in [2.05, 4.69) is 5.32 Å². The summed E-state index contributed by atoms with van der Waals surface area (Å²) < 4.78 is 25.8. The number of piperazine rings is 1. The largest absolute Gasteiger partial charge is 0.339 e. The Balaban J connectivity index is 2.13. The maximum atomic E-state index is 12.4. The predicted molar refractivity (Wildman–Crippen MR) is 82.4 cm³/mol. The highest BCUT2D eigenvalue weighted by Gasteiger charge is 2.27. The minimum Gasteiger partial charge on any atom is -0.339 e. The molecule has 9 nitrogen and oxygen atoms in total. The first-order valence-corrected chi connectivity index (χ1v) is 8.45. The SMILES string of the molecule is CN(CC(=O)N1CCNCC1)S(=O)(=O)c1cccc([N+](=O)[O-])c1. The fourth-order valence-electron chi connectivity index (χ4n) is 2.23. The lowest BCUT2D eigenvalue weighted by Gasteiger charge is -2.29. The number of nitro groups is 1. The molecule has 0 aliphatic carbocycles. The average molecular weight is 342 g/mol. The second-order valence-electron chi connectivity index (χ2n) is 5.15. The third-order valence-electron chi connectivity index (χ3n) is 3.56. The van der Waals surface area contributed by atoms with Gasteiger partial charge < -0.3 is 10.2 Å². The summed E-state index contributed by atoms with van der Waals surface area (Å²) >= 11 is 0. The highest BCUT2D eigenvalue weighted by Crippen LogP contribution is 2.20. The molecule has 1 saturated heterocycles. The van der Waals surface area contributed by atoms with Crippen LogP contribution in [0.15, 0.2) is 29.2 Å². The molecule has 23 heavy (non-hydrogen) atoms. The summed E-state index contributed by atoms with van der Waals surface area (Å²) in [6.07, 6.45) is 0. The van der Waals surface area contributed by atoms with Gasteiger partial charge in [-0.15, -0.1) is 0 Å². The van der Waals surface area contributed by atoms with Gasteiger partial charge in [-0.3, -0.25) is 14.9 Å². The summed E-state index contributed by atoms with van der Waals surface area (Å²) in [6.45, 7) is 2.11. The molecular weight excluding hydrogens is 324 g/mol. The van der Waals surface area contributed by atoms with Crippen molar-refractivity contribution in [1.82, 2.24) is 14.5 Å². The van der Waals surface area contributed by atoms with Crippen molar-refractivity contribution in [2.24, 2.45) is 0 Å². The molecule has 0 spiro atoms. The molecule has 0 unspecified atom stereocenters.